The van der Waals surface area contributed by atoms with Gasteiger partial charge in [0.2, 0.25) is 0 Å². The summed E-state index contributed by atoms with van der Waals surface area (Å²) in [5.74, 6) is 0.756. The Labute approximate surface area is 197 Å². The fraction of sp³-hybridized carbons (Fsp3) is 0.682. The number of halogens is 2. The van der Waals surface area contributed by atoms with Crippen LogP contribution in [0, 0.1) is 5.82 Å². The molecule has 0 amide bonds. The molecule has 0 radical (unpaired) electrons. The first-order valence-electron chi connectivity index (χ1n) is 10.9. The minimum atomic E-state index is -0.205. The maximum atomic E-state index is 13.4. The number of guanidine groups is 1. The van der Waals surface area contributed by atoms with Crippen LogP contribution >= 0.6 is 24.0 Å². The fourth-order valence-corrected chi connectivity index (χ4v) is 4.07. The molecule has 1 N–H and O–H groups in total. The van der Waals surface area contributed by atoms with E-state index in [0.29, 0.717) is 12.6 Å². The van der Waals surface area contributed by atoms with E-state index < -0.39 is 0 Å². The van der Waals surface area contributed by atoms with Crippen molar-refractivity contribution in [2.45, 2.75) is 38.8 Å². The molecule has 1 unspecified atom stereocenters. The monoisotopic (exact) mass is 534 g/mol. The Balaban J connectivity index is 0.00000320. The predicted molar refractivity (Wildman–Crippen MR) is 129 cm³/mol. The highest BCUT2D eigenvalue weighted by Gasteiger charge is 2.25. The fourth-order valence-electron chi connectivity index (χ4n) is 4.07. The molecule has 2 saturated heterocycles. The van der Waals surface area contributed by atoms with Gasteiger partial charge in [-0.1, -0.05) is 12.1 Å². The molecule has 2 fully saturated rings. The topological polar surface area (TPSA) is 49.3 Å². The summed E-state index contributed by atoms with van der Waals surface area (Å²) in [5.41, 5.74) is 1.10. The Kier molecular flexibility index (Phi) is 11.3. The van der Waals surface area contributed by atoms with E-state index in [1.165, 1.54) is 12.1 Å². The number of hydrogen-bond donors (Lipinski definition) is 1. The second-order valence-corrected chi connectivity index (χ2v) is 7.55. The summed E-state index contributed by atoms with van der Waals surface area (Å²) in [4.78, 5) is 9.72. The Morgan fingerprint density at radius 3 is 2.43 bits per heavy atom. The van der Waals surface area contributed by atoms with E-state index in [1.807, 2.05) is 12.1 Å². The number of piperidine rings is 1. The quantitative estimate of drug-likeness (QED) is 0.331. The van der Waals surface area contributed by atoms with Crippen LogP contribution in [0.25, 0.3) is 0 Å². The van der Waals surface area contributed by atoms with Crippen LogP contribution in [0.4, 0.5) is 4.39 Å². The van der Waals surface area contributed by atoms with Crippen LogP contribution in [0.15, 0.2) is 29.3 Å². The van der Waals surface area contributed by atoms with Gasteiger partial charge in [0.25, 0.3) is 0 Å². The molecule has 1 atom stereocenters. The Morgan fingerprint density at radius 2 is 1.83 bits per heavy atom. The first-order chi connectivity index (χ1) is 14.2. The highest BCUT2D eigenvalue weighted by atomic mass is 127. The lowest BCUT2D eigenvalue weighted by atomic mass is 10.0. The van der Waals surface area contributed by atoms with Gasteiger partial charge in [-0.2, -0.15) is 0 Å². The number of nitrogens with zero attached hydrogens (tertiary/aromatic N) is 3. The van der Waals surface area contributed by atoms with E-state index in [-0.39, 0.29) is 35.8 Å². The molecule has 0 aromatic heterocycles. The predicted octanol–water partition coefficient (Wildman–Crippen LogP) is 3.28. The van der Waals surface area contributed by atoms with E-state index in [0.717, 1.165) is 76.9 Å². The minimum absolute atomic E-state index is 0. The number of rotatable bonds is 7. The molecule has 2 aliphatic heterocycles. The number of nitrogens with one attached hydrogen (secondary N) is 1. The minimum Gasteiger partial charge on any atom is -0.379 e. The molecule has 0 saturated carbocycles. The van der Waals surface area contributed by atoms with Gasteiger partial charge in [0.15, 0.2) is 5.96 Å². The maximum absolute atomic E-state index is 13.4. The number of likely N-dealkylation sites (tertiary alicyclic amines) is 1. The zero-order valence-electron chi connectivity index (χ0n) is 18.2. The van der Waals surface area contributed by atoms with Crippen molar-refractivity contribution in [2.24, 2.45) is 4.99 Å². The summed E-state index contributed by atoms with van der Waals surface area (Å²) in [7, 11) is 0. The molecular weight excluding hydrogens is 498 g/mol. The third kappa shape index (κ3) is 7.32. The highest BCUT2D eigenvalue weighted by Crippen LogP contribution is 2.23. The summed E-state index contributed by atoms with van der Waals surface area (Å²) in [6.07, 6.45) is 2.42. The molecule has 1 aromatic rings. The second-order valence-electron chi connectivity index (χ2n) is 7.55. The molecular formula is C22H36FIN4O2. The van der Waals surface area contributed by atoms with E-state index >= 15 is 0 Å². The van der Waals surface area contributed by atoms with E-state index in [9.17, 15) is 4.39 Å². The highest BCUT2D eigenvalue weighted by molar-refractivity contribution is 14.0. The molecule has 30 heavy (non-hydrogen) atoms. The molecule has 170 valence electrons. The van der Waals surface area contributed by atoms with Gasteiger partial charge in [-0.3, -0.25) is 9.89 Å². The number of aliphatic imine (C=N–C) groups is 1. The molecule has 2 aliphatic rings. The van der Waals surface area contributed by atoms with Crippen molar-refractivity contribution in [2.75, 3.05) is 59.1 Å². The van der Waals surface area contributed by atoms with Gasteiger partial charge in [0, 0.05) is 39.3 Å². The first-order valence-corrected chi connectivity index (χ1v) is 10.9. The molecule has 0 spiro atoms. The van der Waals surface area contributed by atoms with Crippen molar-refractivity contribution in [3.63, 3.8) is 0 Å². The molecule has 3 rings (SSSR count). The van der Waals surface area contributed by atoms with Gasteiger partial charge in [0.1, 0.15) is 5.82 Å². The zero-order chi connectivity index (χ0) is 20.5. The van der Waals surface area contributed by atoms with Crippen LogP contribution < -0.4 is 5.32 Å². The average molecular weight is 534 g/mol. The van der Waals surface area contributed by atoms with Crippen molar-refractivity contribution < 1.29 is 13.9 Å². The maximum Gasteiger partial charge on any atom is 0.193 e. The molecule has 6 nitrogen and oxygen atoms in total. The molecule has 0 bridgehead atoms. The van der Waals surface area contributed by atoms with Gasteiger partial charge in [0.05, 0.1) is 31.9 Å². The SMILES string of the molecule is CCNC(=NCC(c1ccc(F)cc1)N1CCOCC1)N1CCC(OCC)CC1.I. The third-order valence-electron chi connectivity index (χ3n) is 5.63. The van der Waals surface area contributed by atoms with Crippen LogP contribution in [0.3, 0.4) is 0 Å². The van der Waals surface area contributed by atoms with E-state index in [4.69, 9.17) is 14.5 Å². The lowest BCUT2D eigenvalue weighted by Gasteiger charge is -2.36. The second kappa shape index (κ2) is 13.4. The van der Waals surface area contributed by atoms with Crippen LogP contribution in [-0.4, -0.2) is 81.0 Å². The molecule has 2 heterocycles. The van der Waals surface area contributed by atoms with Crippen molar-refractivity contribution in [1.29, 1.82) is 0 Å². The van der Waals surface area contributed by atoms with Gasteiger partial charge >= 0.3 is 0 Å². The normalized spacial score (nSPS) is 20.0. The van der Waals surface area contributed by atoms with Crippen molar-refractivity contribution in [3.8, 4) is 0 Å². The largest absolute Gasteiger partial charge is 0.379 e. The van der Waals surface area contributed by atoms with Gasteiger partial charge in [-0.25, -0.2) is 4.39 Å². The molecule has 8 heteroatoms. The molecule has 0 aliphatic carbocycles. The van der Waals surface area contributed by atoms with Crippen LogP contribution in [-0.2, 0) is 9.47 Å². The van der Waals surface area contributed by atoms with Crippen LogP contribution in [0.2, 0.25) is 0 Å². The summed E-state index contributed by atoms with van der Waals surface area (Å²) in [5, 5.41) is 3.45. The van der Waals surface area contributed by atoms with Gasteiger partial charge < -0.3 is 19.7 Å². The van der Waals surface area contributed by atoms with E-state index in [1.54, 1.807) is 0 Å². The number of ether oxygens (including phenoxy) is 2. The first kappa shape index (κ1) is 25.3. The summed E-state index contributed by atoms with van der Waals surface area (Å²) in [6, 6.07) is 6.96. The van der Waals surface area contributed by atoms with E-state index in [2.05, 4.69) is 29.0 Å². The lowest BCUT2D eigenvalue weighted by Crippen LogP contribution is -2.47. The zero-order valence-corrected chi connectivity index (χ0v) is 20.5. The smallest absolute Gasteiger partial charge is 0.193 e. The Morgan fingerprint density at radius 1 is 1.17 bits per heavy atom. The molecule has 1 aromatic carbocycles. The van der Waals surface area contributed by atoms with Crippen molar-refractivity contribution in [3.05, 3.63) is 35.6 Å². The number of benzene rings is 1. The van der Waals surface area contributed by atoms with Gasteiger partial charge in [-0.15, -0.1) is 24.0 Å². The summed E-state index contributed by atoms with van der Waals surface area (Å²) in [6.45, 7) is 11.5. The van der Waals surface area contributed by atoms with Crippen LogP contribution in [0.1, 0.15) is 38.3 Å². The van der Waals surface area contributed by atoms with Gasteiger partial charge in [-0.05, 0) is 44.4 Å². The Hall–Kier alpha value is -0.970. The standard InChI is InChI=1S/C22H35FN4O2.HI/c1-3-24-22(27-11-9-20(10-12-27)29-4-2)25-17-21(26-13-15-28-16-14-26)18-5-7-19(23)8-6-18;/h5-8,20-21H,3-4,9-17H2,1-2H3,(H,24,25);1H. The van der Waals surface area contributed by atoms with Crippen LogP contribution in [0.5, 0.6) is 0 Å². The van der Waals surface area contributed by atoms with Crippen molar-refractivity contribution in [1.82, 2.24) is 15.1 Å². The lowest BCUT2D eigenvalue weighted by molar-refractivity contribution is 0.0177. The summed E-state index contributed by atoms with van der Waals surface area (Å²) >= 11 is 0. The third-order valence-corrected chi connectivity index (χ3v) is 5.63. The van der Waals surface area contributed by atoms with Crippen molar-refractivity contribution >= 4 is 29.9 Å². The number of hydrogen-bond acceptors (Lipinski definition) is 4. The Bertz CT molecular complexity index is 633. The average Bonchev–Trinajstić information content (AvgIpc) is 2.76. The summed E-state index contributed by atoms with van der Waals surface area (Å²) < 4.78 is 24.8. The number of morpholine rings is 1.